The highest BCUT2D eigenvalue weighted by Crippen LogP contribution is 2.28. The lowest BCUT2D eigenvalue weighted by molar-refractivity contribution is -0.131. The SMILES string of the molecule is Cl.Cl.O=C(Cc1csc(N2CCCC2=O)n1)N1CCC(NCC2CC2)CC1. The van der Waals surface area contributed by atoms with Crippen LogP contribution in [-0.4, -0.2) is 53.9 Å². The van der Waals surface area contributed by atoms with Crippen molar-refractivity contribution in [1.29, 1.82) is 0 Å². The Balaban J connectivity index is 0.00000131. The maximum Gasteiger partial charge on any atom is 0.228 e. The maximum atomic E-state index is 12.5. The van der Waals surface area contributed by atoms with Gasteiger partial charge in [-0.05, 0) is 44.6 Å². The number of rotatable bonds is 6. The molecule has 0 radical (unpaired) electrons. The van der Waals surface area contributed by atoms with Gasteiger partial charge in [-0.1, -0.05) is 0 Å². The van der Waals surface area contributed by atoms with E-state index in [4.69, 9.17) is 0 Å². The number of nitrogens with zero attached hydrogens (tertiary/aromatic N) is 3. The third-order valence-electron chi connectivity index (χ3n) is 5.42. The fourth-order valence-electron chi connectivity index (χ4n) is 3.61. The molecule has 3 aliphatic rings. The van der Waals surface area contributed by atoms with E-state index in [0.717, 1.165) is 62.2 Å². The fourth-order valence-corrected chi connectivity index (χ4v) is 4.47. The molecule has 2 saturated heterocycles. The second-order valence-electron chi connectivity index (χ2n) is 7.45. The van der Waals surface area contributed by atoms with E-state index >= 15 is 0 Å². The minimum atomic E-state index is 0. The summed E-state index contributed by atoms with van der Waals surface area (Å²) in [6.45, 7) is 3.57. The topological polar surface area (TPSA) is 65.5 Å². The van der Waals surface area contributed by atoms with Crippen molar-refractivity contribution < 1.29 is 9.59 Å². The van der Waals surface area contributed by atoms with Gasteiger partial charge < -0.3 is 10.2 Å². The molecule has 0 atom stereocenters. The molecule has 0 unspecified atom stereocenters. The Hall–Kier alpha value is -0.890. The fraction of sp³-hybridized carbons (Fsp3) is 0.722. The molecule has 9 heteroatoms. The molecular weight excluding hydrogens is 407 g/mol. The van der Waals surface area contributed by atoms with E-state index in [1.165, 1.54) is 24.2 Å². The van der Waals surface area contributed by atoms with Crippen LogP contribution in [0.1, 0.15) is 44.2 Å². The van der Waals surface area contributed by atoms with Gasteiger partial charge in [-0.15, -0.1) is 36.2 Å². The first-order chi connectivity index (χ1) is 12.2. The van der Waals surface area contributed by atoms with E-state index < -0.39 is 0 Å². The van der Waals surface area contributed by atoms with E-state index in [2.05, 4.69) is 10.3 Å². The van der Waals surface area contributed by atoms with Gasteiger partial charge in [0, 0.05) is 37.5 Å². The minimum absolute atomic E-state index is 0. The number of thiazole rings is 1. The number of hydrogen-bond acceptors (Lipinski definition) is 5. The van der Waals surface area contributed by atoms with Crippen LogP contribution in [0.3, 0.4) is 0 Å². The molecule has 2 aliphatic heterocycles. The molecule has 0 aromatic carbocycles. The third kappa shape index (κ3) is 5.79. The van der Waals surface area contributed by atoms with Crippen LogP contribution in [0.25, 0.3) is 0 Å². The van der Waals surface area contributed by atoms with Crippen LogP contribution in [0, 0.1) is 5.92 Å². The van der Waals surface area contributed by atoms with Crippen molar-refractivity contribution in [1.82, 2.24) is 15.2 Å². The van der Waals surface area contributed by atoms with Crippen LogP contribution in [0.5, 0.6) is 0 Å². The van der Waals surface area contributed by atoms with Gasteiger partial charge in [-0.25, -0.2) is 4.98 Å². The predicted octanol–water partition coefficient (Wildman–Crippen LogP) is 2.65. The Labute approximate surface area is 176 Å². The predicted molar refractivity (Wildman–Crippen MR) is 112 cm³/mol. The van der Waals surface area contributed by atoms with Gasteiger partial charge >= 0.3 is 0 Å². The number of halogens is 2. The summed E-state index contributed by atoms with van der Waals surface area (Å²) in [6, 6.07) is 0.566. The van der Waals surface area contributed by atoms with Crippen LogP contribution in [0.4, 0.5) is 5.13 Å². The number of hydrogen-bond donors (Lipinski definition) is 1. The molecule has 27 heavy (non-hydrogen) atoms. The molecule has 4 rings (SSSR count). The zero-order valence-electron chi connectivity index (χ0n) is 15.4. The van der Waals surface area contributed by atoms with Gasteiger partial charge in [0.1, 0.15) is 0 Å². The summed E-state index contributed by atoms with van der Waals surface area (Å²) >= 11 is 1.47. The summed E-state index contributed by atoms with van der Waals surface area (Å²) in [5.41, 5.74) is 0.790. The van der Waals surface area contributed by atoms with Gasteiger partial charge in [0.25, 0.3) is 0 Å². The standard InChI is InChI=1S/C18H26N4O2S.2ClH/c23-16-2-1-7-22(16)18-20-15(12-25-18)10-17(24)21-8-5-14(6-9-21)19-11-13-3-4-13;;/h12-14,19H,1-11H2;2*1H. The van der Waals surface area contributed by atoms with E-state index in [1.54, 1.807) is 4.90 Å². The molecule has 1 saturated carbocycles. The number of likely N-dealkylation sites (tertiary alicyclic amines) is 1. The lowest BCUT2D eigenvalue weighted by atomic mass is 10.0. The summed E-state index contributed by atoms with van der Waals surface area (Å²) in [5.74, 6) is 1.21. The van der Waals surface area contributed by atoms with Crippen molar-refractivity contribution in [2.45, 2.75) is 51.0 Å². The van der Waals surface area contributed by atoms with Crippen LogP contribution in [0.15, 0.2) is 5.38 Å². The first-order valence-corrected chi connectivity index (χ1v) is 10.3. The van der Waals surface area contributed by atoms with E-state index in [1.807, 2.05) is 10.3 Å². The van der Waals surface area contributed by atoms with Crippen molar-refractivity contribution in [3.05, 3.63) is 11.1 Å². The molecule has 3 heterocycles. The Morgan fingerprint density at radius 3 is 2.56 bits per heavy atom. The summed E-state index contributed by atoms with van der Waals surface area (Å²) in [5, 5.41) is 6.31. The van der Waals surface area contributed by atoms with Crippen LogP contribution in [-0.2, 0) is 16.0 Å². The highest BCUT2D eigenvalue weighted by atomic mass is 35.5. The molecular formula is C18H28Cl2N4O2S. The molecule has 2 amide bonds. The second-order valence-corrected chi connectivity index (χ2v) is 8.29. The van der Waals surface area contributed by atoms with Crippen molar-refractivity contribution in [3.63, 3.8) is 0 Å². The lowest BCUT2D eigenvalue weighted by Crippen LogP contribution is -2.45. The number of amides is 2. The van der Waals surface area contributed by atoms with Crippen LogP contribution in [0.2, 0.25) is 0 Å². The third-order valence-corrected chi connectivity index (χ3v) is 6.33. The molecule has 3 fully saturated rings. The molecule has 1 aliphatic carbocycles. The summed E-state index contributed by atoms with van der Waals surface area (Å²) in [7, 11) is 0. The highest BCUT2D eigenvalue weighted by Gasteiger charge is 2.27. The molecule has 0 spiro atoms. The highest BCUT2D eigenvalue weighted by molar-refractivity contribution is 7.14. The molecule has 6 nitrogen and oxygen atoms in total. The van der Waals surface area contributed by atoms with Crippen molar-refractivity contribution in [2.75, 3.05) is 31.1 Å². The average molecular weight is 435 g/mol. The molecule has 1 aromatic rings. The summed E-state index contributed by atoms with van der Waals surface area (Å²) in [4.78, 5) is 32.6. The normalized spacial score (nSPS) is 20.4. The van der Waals surface area contributed by atoms with Gasteiger partial charge in [-0.3, -0.25) is 14.5 Å². The van der Waals surface area contributed by atoms with E-state index in [0.29, 0.717) is 18.9 Å². The number of aromatic nitrogens is 1. The Kier molecular flexibility index (Phi) is 8.34. The first-order valence-electron chi connectivity index (χ1n) is 9.45. The molecule has 0 bridgehead atoms. The van der Waals surface area contributed by atoms with Crippen molar-refractivity contribution in [3.8, 4) is 0 Å². The monoisotopic (exact) mass is 434 g/mol. The van der Waals surface area contributed by atoms with Crippen LogP contribution >= 0.6 is 36.2 Å². The molecule has 152 valence electrons. The first kappa shape index (κ1) is 22.4. The van der Waals surface area contributed by atoms with Gasteiger partial charge in [0.15, 0.2) is 5.13 Å². The zero-order chi connectivity index (χ0) is 17.2. The molecule has 1 aromatic heterocycles. The quantitative estimate of drug-likeness (QED) is 0.746. The Morgan fingerprint density at radius 1 is 1.19 bits per heavy atom. The number of carbonyl (C=O) groups is 2. The number of nitrogens with one attached hydrogen (secondary N) is 1. The largest absolute Gasteiger partial charge is 0.342 e. The number of anilines is 1. The zero-order valence-corrected chi connectivity index (χ0v) is 17.8. The molecule has 1 N–H and O–H groups in total. The van der Waals surface area contributed by atoms with E-state index in [9.17, 15) is 9.59 Å². The van der Waals surface area contributed by atoms with Gasteiger partial charge in [-0.2, -0.15) is 0 Å². The lowest BCUT2D eigenvalue weighted by Gasteiger charge is -2.32. The Bertz CT molecular complexity index is 645. The number of piperidine rings is 1. The maximum absolute atomic E-state index is 12.5. The van der Waals surface area contributed by atoms with Gasteiger partial charge in [0.05, 0.1) is 12.1 Å². The smallest absolute Gasteiger partial charge is 0.228 e. The van der Waals surface area contributed by atoms with E-state index in [-0.39, 0.29) is 36.6 Å². The Morgan fingerprint density at radius 2 is 1.93 bits per heavy atom. The van der Waals surface area contributed by atoms with Crippen molar-refractivity contribution >= 4 is 53.1 Å². The second kappa shape index (κ2) is 10.0. The van der Waals surface area contributed by atoms with Gasteiger partial charge in [0.2, 0.25) is 11.8 Å². The van der Waals surface area contributed by atoms with Crippen LogP contribution < -0.4 is 10.2 Å². The van der Waals surface area contributed by atoms with Crippen molar-refractivity contribution in [2.24, 2.45) is 5.92 Å². The minimum Gasteiger partial charge on any atom is -0.342 e. The number of carbonyl (C=O) groups excluding carboxylic acids is 2. The average Bonchev–Trinajstić information content (AvgIpc) is 3.18. The summed E-state index contributed by atoms with van der Waals surface area (Å²) in [6.07, 6.45) is 6.70. The summed E-state index contributed by atoms with van der Waals surface area (Å²) < 4.78 is 0.